The lowest BCUT2D eigenvalue weighted by molar-refractivity contribution is 0.0832. The van der Waals surface area contributed by atoms with Crippen LogP contribution in [0, 0.1) is 5.92 Å². The Morgan fingerprint density at radius 3 is 2.79 bits per heavy atom. The number of fused-ring (bicyclic) bond motifs is 1. The van der Waals surface area contributed by atoms with Crippen LogP contribution in [0.3, 0.4) is 0 Å². The molecule has 72 valence electrons. The highest BCUT2D eigenvalue weighted by Crippen LogP contribution is 2.30. The summed E-state index contributed by atoms with van der Waals surface area (Å²) in [5.74, 6) is -0.565. The predicted octanol–water partition coefficient (Wildman–Crippen LogP) is 1.80. The van der Waals surface area contributed by atoms with Crippen LogP contribution in [0.1, 0.15) is 34.1 Å². The molecule has 0 aliphatic heterocycles. The maximum Gasteiger partial charge on any atom is 0.168 e. The van der Waals surface area contributed by atoms with E-state index in [1.807, 2.05) is 0 Å². The number of aromatic hydroxyl groups is 1. The molecule has 1 aromatic rings. The van der Waals surface area contributed by atoms with Crippen LogP contribution in [0.4, 0.5) is 0 Å². The summed E-state index contributed by atoms with van der Waals surface area (Å²) in [4.78, 5) is 23.2. The maximum atomic E-state index is 11.7. The van der Waals surface area contributed by atoms with E-state index in [4.69, 9.17) is 0 Å². The van der Waals surface area contributed by atoms with Crippen molar-refractivity contribution in [3.63, 3.8) is 0 Å². The van der Waals surface area contributed by atoms with Gasteiger partial charge < -0.3 is 5.11 Å². The van der Waals surface area contributed by atoms with Crippen LogP contribution in [0.15, 0.2) is 18.2 Å². The average molecular weight is 190 g/mol. The maximum absolute atomic E-state index is 11.7. The fourth-order valence-electron chi connectivity index (χ4n) is 1.78. The van der Waals surface area contributed by atoms with Gasteiger partial charge in [-0.2, -0.15) is 0 Å². The first-order valence-corrected chi connectivity index (χ1v) is 4.50. The van der Waals surface area contributed by atoms with E-state index >= 15 is 0 Å². The largest absolute Gasteiger partial charge is 0.507 e. The molecular formula is C11H10O3. The van der Waals surface area contributed by atoms with E-state index < -0.39 is 0 Å². The summed E-state index contributed by atoms with van der Waals surface area (Å²) in [7, 11) is 0. The van der Waals surface area contributed by atoms with E-state index in [9.17, 15) is 14.7 Å². The van der Waals surface area contributed by atoms with Crippen molar-refractivity contribution in [2.45, 2.75) is 13.3 Å². The van der Waals surface area contributed by atoms with Crippen LogP contribution >= 0.6 is 0 Å². The van der Waals surface area contributed by atoms with Crippen LogP contribution in [0.25, 0.3) is 0 Å². The Morgan fingerprint density at radius 1 is 1.36 bits per heavy atom. The first-order valence-electron chi connectivity index (χ1n) is 4.50. The second-order valence-electron chi connectivity index (χ2n) is 3.59. The lowest BCUT2D eigenvalue weighted by atomic mass is 9.82. The van der Waals surface area contributed by atoms with Gasteiger partial charge in [-0.25, -0.2) is 0 Å². The van der Waals surface area contributed by atoms with Crippen molar-refractivity contribution in [1.82, 2.24) is 0 Å². The van der Waals surface area contributed by atoms with Gasteiger partial charge in [-0.05, 0) is 6.07 Å². The zero-order valence-electron chi connectivity index (χ0n) is 7.78. The number of hydrogen-bond acceptors (Lipinski definition) is 3. The summed E-state index contributed by atoms with van der Waals surface area (Å²) in [6.45, 7) is 1.73. The Kier molecular flexibility index (Phi) is 1.88. The number of phenolic OH excluding ortho intramolecular Hbond substituents is 1. The molecule has 0 saturated heterocycles. The van der Waals surface area contributed by atoms with Crippen LogP contribution in [0.5, 0.6) is 5.75 Å². The van der Waals surface area contributed by atoms with E-state index in [2.05, 4.69) is 0 Å². The van der Waals surface area contributed by atoms with Crippen molar-refractivity contribution in [1.29, 1.82) is 0 Å². The molecule has 3 nitrogen and oxygen atoms in total. The first-order chi connectivity index (χ1) is 6.61. The van der Waals surface area contributed by atoms with Gasteiger partial charge in [0.15, 0.2) is 11.6 Å². The van der Waals surface area contributed by atoms with Gasteiger partial charge in [-0.1, -0.05) is 19.1 Å². The topological polar surface area (TPSA) is 54.4 Å². The highest BCUT2D eigenvalue weighted by molar-refractivity contribution is 6.16. The van der Waals surface area contributed by atoms with Crippen molar-refractivity contribution in [2.24, 2.45) is 5.92 Å². The summed E-state index contributed by atoms with van der Waals surface area (Å²) in [5, 5.41) is 9.46. The van der Waals surface area contributed by atoms with Gasteiger partial charge >= 0.3 is 0 Å². The lowest BCUT2D eigenvalue weighted by Crippen LogP contribution is -2.24. The van der Waals surface area contributed by atoms with E-state index in [0.29, 0.717) is 5.56 Å². The minimum atomic E-state index is -0.267. The molecule has 0 radical (unpaired) electrons. The average Bonchev–Trinajstić information content (AvgIpc) is 2.14. The molecule has 0 unspecified atom stereocenters. The summed E-state index contributed by atoms with van der Waals surface area (Å²) < 4.78 is 0. The third-order valence-corrected chi connectivity index (χ3v) is 2.53. The van der Waals surface area contributed by atoms with Crippen molar-refractivity contribution in [3.05, 3.63) is 29.3 Å². The molecule has 0 fully saturated rings. The smallest absolute Gasteiger partial charge is 0.168 e. The van der Waals surface area contributed by atoms with Crippen molar-refractivity contribution in [3.8, 4) is 5.75 Å². The van der Waals surface area contributed by atoms with Gasteiger partial charge in [0, 0.05) is 17.9 Å². The molecule has 0 aromatic heterocycles. The van der Waals surface area contributed by atoms with Gasteiger partial charge in [-0.15, -0.1) is 0 Å². The SMILES string of the molecule is C[C@@H]1CC(=O)c2c(O)cccc2C1=O. The normalized spacial score (nSPS) is 20.8. The van der Waals surface area contributed by atoms with E-state index in [1.165, 1.54) is 6.07 Å². The number of hydrogen-bond donors (Lipinski definition) is 1. The van der Waals surface area contributed by atoms with E-state index in [0.717, 1.165) is 0 Å². The zero-order valence-corrected chi connectivity index (χ0v) is 7.78. The molecule has 1 atom stereocenters. The summed E-state index contributed by atoms with van der Waals surface area (Å²) in [5.41, 5.74) is 0.546. The molecule has 0 spiro atoms. The van der Waals surface area contributed by atoms with Gasteiger partial charge in [-0.3, -0.25) is 9.59 Å². The first kappa shape index (κ1) is 8.94. The van der Waals surface area contributed by atoms with Crippen LogP contribution < -0.4 is 0 Å². The zero-order chi connectivity index (χ0) is 10.3. The lowest BCUT2D eigenvalue weighted by Gasteiger charge is -2.19. The Hall–Kier alpha value is -1.64. The fraction of sp³-hybridized carbons (Fsp3) is 0.273. The quantitative estimate of drug-likeness (QED) is 0.678. The molecule has 1 aliphatic carbocycles. The fourth-order valence-corrected chi connectivity index (χ4v) is 1.78. The molecule has 2 rings (SSSR count). The minimum Gasteiger partial charge on any atom is -0.507 e. The molecule has 0 heterocycles. The molecule has 0 saturated carbocycles. The second kappa shape index (κ2) is 2.94. The van der Waals surface area contributed by atoms with Gasteiger partial charge in [0.1, 0.15) is 5.75 Å². The molecule has 3 heteroatoms. The number of phenols is 1. The molecule has 1 aliphatic rings. The standard InChI is InChI=1S/C11H10O3/c1-6-5-9(13)10-7(11(6)14)3-2-4-8(10)12/h2-4,6,12H,5H2,1H3/t6-/m1/s1. The molecule has 14 heavy (non-hydrogen) atoms. The Balaban J connectivity index is 2.67. The number of carbonyl (C=O) groups is 2. The Bertz CT molecular complexity index is 421. The molecule has 1 aromatic carbocycles. The van der Waals surface area contributed by atoms with Crippen molar-refractivity contribution >= 4 is 11.6 Å². The predicted molar refractivity (Wildman–Crippen MR) is 50.5 cm³/mol. The molecule has 0 amide bonds. The van der Waals surface area contributed by atoms with Gasteiger partial charge in [0.05, 0.1) is 5.56 Å². The third kappa shape index (κ3) is 1.13. The van der Waals surface area contributed by atoms with Crippen LogP contribution in [-0.4, -0.2) is 16.7 Å². The van der Waals surface area contributed by atoms with Crippen molar-refractivity contribution < 1.29 is 14.7 Å². The number of rotatable bonds is 0. The summed E-state index contributed by atoms with van der Waals surface area (Å²) in [6, 6.07) is 4.60. The second-order valence-corrected chi connectivity index (χ2v) is 3.59. The third-order valence-electron chi connectivity index (χ3n) is 2.53. The Morgan fingerprint density at radius 2 is 2.07 bits per heavy atom. The summed E-state index contributed by atoms with van der Waals surface area (Å²) in [6.07, 6.45) is 0.198. The monoisotopic (exact) mass is 190 g/mol. The number of ketones is 2. The van der Waals surface area contributed by atoms with Gasteiger partial charge in [0.25, 0.3) is 0 Å². The van der Waals surface area contributed by atoms with E-state index in [1.54, 1.807) is 19.1 Å². The van der Waals surface area contributed by atoms with E-state index in [-0.39, 0.29) is 35.2 Å². The molecule has 0 bridgehead atoms. The van der Waals surface area contributed by atoms with Crippen LogP contribution in [-0.2, 0) is 0 Å². The summed E-state index contributed by atoms with van der Waals surface area (Å²) >= 11 is 0. The molecular weight excluding hydrogens is 180 g/mol. The minimum absolute atomic E-state index is 0.0597. The number of carbonyl (C=O) groups excluding carboxylic acids is 2. The molecule has 1 N–H and O–H groups in total. The number of benzene rings is 1. The van der Waals surface area contributed by atoms with Crippen LogP contribution in [0.2, 0.25) is 0 Å². The number of Topliss-reactive ketones (excluding diaryl/α,β-unsaturated/α-hetero) is 2. The van der Waals surface area contributed by atoms with Gasteiger partial charge in [0.2, 0.25) is 0 Å². The highest BCUT2D eigenvalue weighted by atomic mass is 16.3. The highest BCUT2D eigenvalue weighted by Gasteiger charge is 2.31. The Labute approximate surface area is 81.4 Å². The van der Waals surface area contributed by atoms with Crippen molar-refractivity contribution in [2.75, 3.05) is 0 Å².